The lowest BCUT2D eigenvalue weighted by Gasteiger charge is -2.33. The van der Waals surface area contributed by atoms with Gasteiger partial charge >= 0.3 is 0 Å². The van der Waals surface area contributed by atoms with Crippen molar-refractivity contribution in [1.82, 2.24) is 9.97 Å². The normalized spacial score (nSPS) is 14.6. The average Bonchev–Trinajstić information content (AvgIpc) is 2.67. The first-order valence-corrected chi connectivity index (χ1v) is 8.32. The van der Waals surface area contributed by atoms with Gasteiger partial charge in [0, 0.05) is 25.0 Å². The van der Waals surface area contributed by atoms with E-state index in [9.17, 15) is 5.26 Å². The Morgan fingerprint density at radius 1 is 1.16 bits per heavy atom. The van der Waals surface area contributed by atoms with Gasteiger partial charge in [-0.05, 0) is 49.9 Å². The highest BCUT2D eigenvalue weighted by molar-refractivity contribution is 5.54. The van der Waals surface area contributed by atoms with Crippen LogP contribution in [0.5, 0.6) is 5.88 Å². The zero-order valence-electron chi connectivity index (χ0n) is 14.1. The Kier molecular flexibility index (Phi) is 5.11. The molecule has 0 saturated carbocycles. The molecule has 3 heterocycles. The highest BCUT2D eigenvalue weighted by Crippen LogP contribution is 2.25. The first-order chi connectivity index (χ1) is 12.2. The fourth-order valence-corrected chi connectivity index (χ4v) is 2.97. The van der Waals surface area contributed by atoms with Crippen molar-refractivity contribution in [1.29, 1.82) is 10.5 Å². The topological polar surface area (TPSA) is 85.8 Å². The number of rotatable bonds is 4. The fraction of sp³-hybridized carbons (Fsp3) is 0.368. The summed E-state index contributed by atoms with van der Waals surface area (Å²) in [6, 6.07) is 11.4. The van der Waals surface area contributed by atoms with E-state index in [0.717, 1.165) is 37.4 Å². The number of hydrogen-bond acceptors (Lipinski definition) is 6. The number of piperidine rings is 1. The van der Waals surface area contributed by atoms with Crippen molar-refractivity contribution in [2.75, 3.05) is 24.6 Å². The molecule has 6 nitrogen and oxygen atoms in total. The molecule has 0 spiro atoms. The van der Waals surface area contributed by atoms with Crippen molar-refractivity contribution in [2.24, 2.45) is 5.92 Å². The van der Waals surface area contributed by atoms with Gasteiger partial charge in [-0.2, -0.15) is 10.5 Å². The van der Waals surface area contributed by atoms with Crippen LogP contribution in [0.15, 0.2) is 30.5 Å². The molecule has 3 rings (SSSR count). The van der Waals surface area contributed by atoms with Crippen LogP contribution in [0.2, 0.25) is 0 Å². The zero-order valence-corrected chi connectivity index (χ0v) is 14.1. The Morgan fingerprint density at radius 2 is 1.92 bits per heavy atom. The summed E-state index contributed by atoms with van der Waals surface area (Å²) in [5.41, 5.74) is 1.99. The third kappa shape index (κ3) is 3.87. The van der Waals surface area contributed by atoms with Crippen molar-refractivity contribution in [2.45, 2.75) is 19.8 Å². The van der Waals surface area contributed by atoms with Gasteiger partial charge in [-0.1, -0.05) is 0 Å². The van der Waals surface area contributed by atoms with Crippen LogP contribution in [0.3, 0.4) is 0 Å². The van der Waals surface area contributed by atoms with Crippen LogP contribution in [0.4, 0.5) is 5.82 Å². The lowest BCUT2D eigenvalue weighted by Crippen LogP contribution is -2.36. The lowest BCUT2D eigenvalue weighted by molar-refractivity contribution is 0.215. The van der Waals surface area contributed by atoms with Crippen molar-refractivity contribution >= 4 is 5.82 Å². The minimum absolute atomic E-state index is 0.402. The number of ether oxygens (including phenoxy) is 1. The molecule has 6 heteroatoms. The van der Waals surface area contributed by atoms with E-state index in [2.05, 4.69) is 27.0 Å². The molecule has 0 bridgehead atoms. The minimum Gasteiger partial charge on any atom is -0.476 e. The molecular weight excluding hydrogens is 314 g/mol. The molecule has 2 aromatic heterocycles. The summed E-state index contributed by atoms with van der Waals surface area (Å²) in [4.78, 5) is 10.8. The number of aromatic nitrogens is 2. The maximum atomic E-state index is 9.28. The summed E-state index contributed by atoms with van der Waals surface area (Å²) in [5.74, 6) is 1.58. The molecule has 0 unspecified atom stereocenters. The summed E-state index contributed by atoms with van der Waals surface area (Å²) in [7, 11) is 0. The first-order valence-electron chi connectivity index (χ1n) is 8.32. The molecule has 126 valence electrons. The Labute approximate surface area is 147 Å². The molecule has 25 heavy (non-hydrogen) atoms. The van der Waals surface area contributed by atoms with E-state index < -0.39 is 0 Å². The summed E-state index contributed by atoms with van der Waals surface area (Å²) in [6.45, 7) is 4.16. The number of pyridine rings is 2. The van der Waals surface area contributed by atoms with Gasteiger partial charge in [0.1, 0.15) is 23.5 Å². The average molecular weight is 333 g/mol. The molecule has 0 amide bonds. The maximum Gasteiger partial charge on any atom is 0.231 e. The number of anilines is 1. The lowest BCUT2D eigenvalue weighted by atomic mass is 9.97. The third-order valence-electron chi connectivity index (χ3n) is 4.40. The number of hydrogen-bond donors (Lipinski definition) is 0. The SMILES string of the molecule is Cc1ccc(C#N)c(N2CCC(COc3ncccc3C#N)CC2)n1. The first kappa shape index (κ1) is 16.7. The highest BCUT2D eigenvalue weighted by Gasteiger charge is 2.23. The number of nitriles is 2. The molecule has 0 atom stereocenters. The number of aryl methyl sites for hydroxylation is 1. The zero-order chi connectivity index (χ0) is 17.6. The molecule has 1 aliphatic heterocycles. The molecule has 0 aromatic carbocycles. The predicted molar refractivity (Wildman–Crippen MR) is 93.1 cm³/mol. The van der Waals surface area contributed by atoms with E-state index in [0.29, 0.717) is 29.5 Å². The van der Waals surface area contributed by atoms with Crippen molar-refractivity contribution in [3.8, 4) is 18.0 Å². The Bertz CT molecular complexity index is 828. The van der Waals surface area contributed by atoms with Gasteiger partial charge in [0.15, 0.2) is 0 Å². The van der Waals surface area contributed by atoms with E-state index in [4.69, 9.17) is 10.00 Å². The van der Waals surface area contributed by atoms with Crippen LogP contribution >= 0.6 is 0 Å². The van der Waals surface area contributed by atoms with Gasteiger partial charge in [-0.25, -0.2) is 9.97 Å². The summed E-state index contributed by atoms with van der Waals surface area (Å²) in [5, 5.41) is 18.4. The Hall–Kier alpha value is -3.12. The van der Waals surface area contributed by atoms with Crippen LogP contribution in [0.25, 0.3) is 0 Å². The molecule has 1 saturated heterocycles. The quantitative estimate of drug-likeness (QED) is 0.855. The number of nitrogens with zero attached hydrogens (tertiary/aromatic N) is 5. The highest BCUT2D eigenvalue weighted by atomic mass is 16.5. The standard InChI is InChI=1S/C19H19N5O/c1-14-4-5-16(11-20)18(23-14)24-9-6-15(7-10-24)13-25-19-17(12-21)3-2-8-22-19/h2-5,8,15H,6-7,9-10,13H2,1H3. The van der Waals surface area contributed by atoms with E-state index >= 15 is 0 Å². The second kappa shape index (κ2) is 7.63. The van der Waals surface area contributed by atoms with E-state index in [1.807, 2.05) is 19.1 Å². The Balaban J connectivity index is 1.59. The summed E-state index contributed by atoms with van der Waals surface area (Å²) in [6.07, 6.45) is 3.54. The van der Waals surface area contributed by atoms with E-state index in [1.54, 1.807) is 18.3 Å². The van der Waals surface area contributed by atoms with Crippen molar-refractivity contribution in [3.05, 3.63) is 47.3 Å². The van der Waals surface area contributed by atoms with Crippen molar-refractivity contribution < 1.29 is 4.74 Å². The van der Waals surface area contributed by atoms with Crippen LogP contribution in [0, 0.1) is 35.5 Å². The molecular formula is C19H19N5O. The Morgan fingerprint density at radius 3 is 2.64 bits per heavy atom. The van der Waals surface area contributed by atoms with Gasteiger partial charge < -0.3 is 9.64 Å². The molecule has 0 radical (unpaired) electrons. The summed E-state index contributed by atoms with van der Waals surface area (Å²) >= 11 is 0. The molecule has 0 aliphatic carbocycles. The van der Waals surface area contributed by atoms with Crippen LogP contribution in [0.1, 0.15) is 29.7 Å². The minimum atomic E-state index is 0.402. The molecule has 1 aliphatic rings. The monoisotopic (exact) mass is 333 g/mol. The summed E-state index contributed by atoms with van der Waals surface area (Å²) < 4.78 is 5.75. The van der Waals surface area contributed by atoms with Crippen molar-refractivity contribution in [3.63, 3.8) is 0 Å². The predicted octanol–water partition coefficient (Wildman–Crippen LogP) is 2.82. The largest absolute Gasteiger partial charge is 0.476 e. The van der Waals surface area contributed by atoms with Gasteiger partial charge in [-0.15, -0.1) is 0 Å². The van der Waals surface area contributed by atoms with Gasteiger partial charge in [0.25, 0.3) is 0 Å². The van der Waals surface area contributed by atoms with Gasteiger partial charge in [-0.3, -0.25) is 0 Å². The molecule has 2 aromatic rings. The fourth-order valence-electron chi connectivity index (χ4n) is 2.97. The van der Waals surface area contributed by atoms with Gasteiger partial charge in [0.2, 0.25) is 5.88 Å². The van der Waals surface area contributed by atoms with Crippen LogP contribution in [-0.4, -0.2) is 29.7 Å². The molecule has 0 N–H and O–H groups in total. The second-order valence-corrected chi connectivity index (χ2v) is 6.14. The van der Waals surface area contributed by atoms with E-state index in [-0.39, 0.29) is 0 Å². The molecule has 1 fully saturated rings. The van der Waals surface area contributed by atoms with Crippen LogP contribution < -0.4 is 9.64 Å². The van der Waals surface area contributed by atoms with Crippen LogP contribution in [-0.2, 0) is 0 Å². The van der Waals surface area contributed by atoms with E-state index in [1.165, 1.54) is 0 Å². The third-order valence-corrected chi connectivity index (χ3v) is 4.40. The smallest absolute Gasteiger partial charge is 0.231 e. The second-order valence-electron chi connectivity index (χ2n) is 6.14. The van der Waals surface area contributed by atoms with Gasteiger partial charge in [0.05, 0.1) is 12.2 Å². The maximum absolute atomic E-state index is 9.28.